The maximum Gasteiger partial charge on any atom is 0.270 e. The van der Waals surface area contributed by atoms with Crippen LogP contribution in [0.1, 0.15) is 40.8 Å². The molecule has 2 aromatic heterocycles. The van der Waals surface area contributed by atoms with Crippen LogP contribution in [-0.4, -0.2) is 38.4 Å². The van der Waals surface area contributed by atoms with Crippen molar-refractivity contribution in [3.8, 4) is 0 Å². The Bertz CT molecular complexity index is 641. The molecule has 0 atom stereocenters. The van der Waals surface area contributed by atoms with Gasteiger partial charge >= 0.3 is 0 Å². The second kappa shape index (κ2) is 5.68. The van der Waals surface area contributed by atoms with Crippen molar-refractivity contribution >= 4 is 5.91 Å². The minimum absolute atomic E-state index is 0.125. The van der Waals surface area contributed by atoms with Crippen LogP contribution in [0.25, 0.3) is 0 Å². The average Bonchev–Trinajstić information content (AvgIpc) is 2.93. The van der Waals surface area contributed by atoms with Crippen LogP contribution < -0.4 is 0 Å². The smallest absolute Gasteiger partial charge is 0.270 e. The number of amides is 1. The van der Waals surface area contributed by atoms with E-state index in [1.54, 1.807) is 0 Å². The monoisotopic (exact) mass is 284 g/mol. The predicted octanol–water partition coefficient (Wildman–Crippen LogP) is 2.14. The molecule has 21 heavy (non-hydrogen) atoms. The number of aromatic nitrogens is 3. The Hall–Kier alpha value is -2.17. The third-order valence-electron chi connectivity index (χ3n) is 4.16. The summed E-state index contributed by atoms with van der Waals surface area (Å²) in [6.45, 7) is 3.49. The Morgan fingerprint density at radius 2 is 2.05 bits per heavy atom. The second-order valence-corrected chi connectivity index (χ2v) is 5.60. The Labute approximate surface area is 124 Å². The van der Waals surface area contributed by atoms with Gasteiger partial charge in [-0.2, -0.15) is 0 Å². The van der Waals surface area contributed by atoms with E-state index < -0.39 is 0 Å². The standard InChI is InChI=1S/C16H20N4O/c1-12-17-8-5-14(18-12)13-6-10-20(11-7-13)16(21)15-4-3-9-19(15)2/h3-5,8-9,13H,6-7,10-11H2,1-2H3. The van der Waals surface area contributed by atoms with Crippen LogP contribution in [0.4, 0.5) is 0 Å². The molecule has 0 saturated carbocycles. The summed E-state index contributed by atoms with van der Waals surface area (Å²) in [6, 6.07) is 5.78. The number of hydrogen-bond acceptors (Lipinski definition) is 3. The molecular formula is C16H20N4O. The molecule has 5 nitrogen and oxygen atoms in total. The summed E-state index contributed by atoms with van der Waals surface area (Å²) in [5, 5.41) is 0. The second-order valence-electron chi connectivity index (χ2n) is 5.60. The van der Waals surface area contributed by atoms with Crippen molar-refractivity contribution in [3.63, 3.8) is 0 Å². The zero-order valence-electron chi connectivity index (χ0n) is 12.5. The van der Waals surface area contributed by atoms with Crippen molar-refractivity contribution in [1.82, 2.24) is 19.4 Å². The number of carbonyl (C=O) groups is 1. The van der Waals surface area contributed by atoms with Crippen molar-refractivity contribution in [2.45, 2.75) is 25.7 Å². The number of rotatable bonds is 2. The van der Waals surface area contributed by atoms with E-state index in [9.17, 15) is 4.79 Å². The number of piperidine rings is 1. The molecule has 0 bridgehead atoms. The summed E-state index contributed by atoms with van der Waals surface area (Å²) >= 11 is 0. The zero-order chi connectivity index (χ0) is 14.8. The highest BCUT2D eigenvalue weighted by molar-refractivity contribution is 5.92. The molecule has 1 aliphatic rings. The average molecular weight is 284 g/mol. The fraction of sp³-hybridized carbons (Fsp3) is 0.438. The summed E-state index contributed by atoms with van der Waals surface area (Å²) in [6.07, 6.45) is 5.65. The first-order valence-corrected chi connectivity index (χ1v) is 7.35. The predicted molar refractivity (Wildman–Crippen MR) is 80.1 cm³/mol. The van der Waals surface area contributed by atoms with Crippen molar-refractivity contribution < 1.29 is 4.79 Å². The molecule has 1 amide bonds. The molecule has 0 aliphatic carbocycles. The van der Waals surface area contributed by atoms with Gasteiger partial charge in [0.25, 0.3) is 5.91 Å². The molecule has 3 heterocycles. The lowest BCUT2D eigenvalue weighted by atomic mass is 9.93. The minimum Gasteiger partial charge on any atom is -0.347 e. The highest BCUT2D eigenvalue weighted by Gasteiger charge is 2.26. The molecule has 0 unspecified atom stereocenters. The number of nitrogens with zero attached hydrogens (tertiary/aromatic N) is 4. The van der Waals surface area contributed by atoms with E-state index >= 15 is 0 Å². The van der Waals surface area contributed by atoms with E-state index in [0.717, 1.165) is 43.1 Å². The number of aryl methyl sites for hydroxylation is 2. The van der Waals surface area contributed by atoms with Gasteiger partial charge in [0.15, 0.2) is 0 Å². The van der Waals surface area contributed by atoms with Gasteiger partial charge in [0.05, 0.1) is 0 Å². The first-order valence-electron chi connectivity index (χ1n) is 7.35. The molecule has 0 radical (unpaired) electrons. The van der Waals surface area contributed by atoms with Gasteiger partial charge in [-0.25, -0.2) is 9.97 Å². The Balaban J connectivity index is 1.65. The molecular weight excluding hydrogens is 264 g/mol. The fourth-order valence-corrected chi connectivity index (χ4v) is 2.93. The number of hydrogen-bond donors (Lipinski definition) is 0. The van der Waals surface area contributed by atoms with Gasteiger partial charge in [-0.05, 0) is 38.0 Å². The van der Waals surface area contributed by atoms with E-state index in [4.69, 9.17) is 0 Å². The van der Waals surface area contributed by atoms with Crippen LogP contribution in [0.2, 0.25) is 0 Å². The first kappa shape index (κ1) is 13.8. The Morgan fingerprint density at radius 3 is 2.67 bits per heavy atom. The van der Waals surface area contributed by atoms with Crippen LogP contribution in [0.3, 0.4) is 0 Å². The van der Waals surface area contributed by atoms with Gasteiger partial charge in [0, 0.05) is 44.1 Å². The van der Waals surface area contributed by atoms with E-state index in [2.05, 4.69) is 9.97 Å². The van der Waals surface area contributed by atoms with E-state index in [0.29, 0.717) is 5.92 Å². The summed E-state index contributed by atoms with van der Waals surface area (Å²) < 4.78 is 1.88. The first-order chi connectivity index (χ1) is 10.1. The van der Waals surface area contributed by atoms with Crippen LogP contribution in [0.15, 0.2) is 30.6 Å². The Kier molecular flexibility index (Phi) is 3.73. The van der Waals surface area contributed by atoms with Gasteiger partial charge in [0.2, 0.25) is 0 Å². The van der Waals surface area contributed by atoms with Gasteiger partial charge in [-0.1, -0.05) is 0 Å². The lowest BCUT2D eigenvalue weighted by Gasteiger charge is -2.31. The van der Waals surface area contributed by atoms with Crippen molar-refractivity contribution in [2.24, 2.45) is 7.05 Å². The fourth-order valence-electron chi connectivity index (χ4n) is 2.93. The molecule has 5 heteroatoms. The van der Waals surface area contributed by atoms with Crippen molar-refractivity contribution in [2.75, 3.05) is 13.1 Å². The molecule has 2 aromatic rings. The largest absolute Gasteiger partial charge is 0.347 e. The van der Waals surface area contributed by atoms with Gasteiger partial charge in [-0.3, -0.25) is 4.79 Å². The van der Waals surface area contributed by atoms with E-state index in [-0.39, 0.29) is 5.91 Å². The summed E-state index contributed by atoms with van der Waals surface area (Å²) in [5.74, 6) is 1.37. The molecule has 110 valence electrons. The minimum atomic E-state index is 0.125. The highest BCUT2D eigenvalue weighted by Crippen LogP contribution is 2.27. The number of likely N-dealkylation sites (tertiary alicyclic amines) is 1. The SMILES string of the molecule is Cc1nccc(C2CCN(C(=O)c3cccn3C)CC2)n1. The molecule has 0 spiro atoms. The highest BCUT2D eigenvalue weighted by atomic mass is 16.2. The maximum atomic E-state index is 12.5. The van der Waals surface area contributed by atoms with E-state index in [1.165, 1.54) is 0 Å². The molecule has 0 aromatic carbocycles. The molecule has 1 aliphatic heterocycles. The zero-order valence-corrected chi connectivity index (χ0v) is 12.5. The third-order valence-corrected chi connectivity index (χ3v) is 4.16. The third kappa shape index (κ3) is 2.82. The van der Waals surface area contributed by atoms with Crippen molar-refractivity contribution in [1.29, 1.82) is 0 Å². The maximum absolute atomic E-state index is 12.5. The van der Waals surface area contributed by atoms with Gasteiger partial charge in [0.1, 0.15) is 11.5 Å². The molecule has 1 saturated heterocycles. The van der Waals surface area contributed by atoms with Crippen LogP contribution in [0.5, 0.6) is 0 Å². The van der Waals surface area contributed by atoms with E-state index in [1.807, 2.05) is 54.0 Å². The lowest BCUT2D eigenvalue weighted by Crippen LogP contribution is -2.38. The van der Waals surface area contributed by atoms with Crippen LogP contribution >= 0.6 is 0 Å². The lowest BCUT2D eigenvalue weighted by molar-refractivity contribution is 0.0702. The summed E-state index contributed by atoms with van der Waals surface area (Å²) in [5.41, 5.74) is 1.86. The summed E-state index contributed by atoms with van der Waals surface area (Å²) in [7, 11) is 1.91. The van der Waals surface area contributed by atoms with Gasteiger partial charge < -0.3 is 9.47 Å². The topological polar surface area (TPSA) is 51.0 Å². The normalized spacial score (nSPS) is 16.2. The number of carbonyl (C=O) groups excluding carboxylic acids is 1. The molecule has 0 N–H and O–H groups in total. The van der Waals surface area contributed by atoms with Crippen molar-refractivity contribution in [3.05, 3.63) is 47.8 Å². The van der Waals surface area contributed by atoms with Crippen LogP contribution in [-0.2, 0) is 7.05 Å². The van der Waals surface area contributed by atoms with Crippen LogP contribution in [0, 0.1) is 6.92 Å². The van der Waals surface area contributed by atoms with Gasteiger partial charge in [-0.15, -0.1) is 0 Å². The molecule has 3 rings (SSSR count). The quantitative estimate of drug-likeness (QED) is 0.849. The Morgan fingerprint density at radius 1 is 1.29 bits per heavy atom. The summed E-state index contributed by atoms with van der Waals surface area (Å²) in [4.78, 5) is 23.1. The molecule has 1 fully saturated rings.